The standard InChI is InChI=1S/C14H12O2/c1-16-13-8-7-12(10-15)14(9-13)11-5-3-2-4-6-11/h2-10H,1H3. The zero-order valence-corrected chi connectivity index (χ0v) is 9.01. The van der Waals surface area contributed by atoms with Crippen molar-refractivity contribution < 1.29 is 9.53 Å². The average Bonchev–Trinajstić information content (AvgIpc) is 2.39. The Bertz CT molecular complexity index is 489. The maximum atomic E-state index is 11.0. The summed E-state index contributed by atoms with van der Waals surface area (Å²) >= 11 is 0. The second kappa shape index (κ2) is 4.62. The predicted molar refractivity (Wildman–Crippen MR) is 63.8 cm³/mol. The lowest BCUT2D eigenvalue weighted by Crippen LogP contribution is -1.90. The van der Waals surface area contributed by atoms with E-state index in [1.165, 1.54) is 0 Å². The maximum Gasteiger partial charge on any atom is 0.150 e. The van der Waals surface area contributed by atoms with Crippen molar-refractivity contribution in [3.8, 4) is 16.9 Å². The molecule has 2 heteroatoms. The van der Waals surface area contributed by atoms with Crippen LogP contribution < -0.4 is 4.74 Å². The molecule has 16 heavy (non-hydrogen) atoms. The summed E-state index contributed by atoms with van der Waals surface area (Å²) in [4.78, 5) is 11.0. The van der Waals surface area contributed by atoms with Crippen LogP contribution in [0.2, 0.25) is 0 Å². The monoisotopic (exact) mass is 212 g/mol. The second-order valence-electron chi connectivity index (χ2n) is 3.44. The zero-order valence-electron chi connectivity index (χ0n) is 9.01. The van der Waals surface area contributed by atoms with Gasteiger partial charge in [0.15, 0.2) is 6.29 Å². The molecule has 0 heterocycles. The van der Waals surface area contributed by atoms with E-state index in [0.29, 0.717) is 5.56 Å². The molecule has 0 radical (unpaired) electrons. The first-order valence-electron chi connectivity index (χ1n) is 5.04. The fraction of sp³-hybridized carbons (Fsp3) is 0.0714. The molecular formula is C14H12O2. The molecule has 0 fully saturated rings. The van der Waals surface area contributed by atoms with Crippen LogP contribution in [0.15, 0.2) is 48.5 Å². The van der Waals surface area contributed by atoms with Crippen LogP contribution in [0.25, 0.3) is 11.1 Å². The molecule has 2 aromatic carbocycles. The number of benzene rings is 2. The number of hydrogen-bond acceptors (Lipinski definition) is 2. The van der Waals surface area contributed by atoms with E-state index in [0.717, 1.165) is 23.2 Å². The van der Waals surface area contributed by atoms with Gasteiger partial charge in [-0.15, -0.1) is 0 Å². The molecular weight excluding hydrogens is 200 g/mol. The summed E-state index contributed by atoms with van der Waals surface area (Å²) in [6, 6.07) is 15.2. The summed E-state index contributed by atoms with van der Waals surface area (Å²) in [6.45, 7) is 0. The molecule has 0 spiro atoms. The van der Waals surface area contributed by atoms with Crippen molar-refractivity contribution >= 4 is 6.29 Å². The Kier molecular flexibility index (Phi) is 3.01. The van der Waals surface area contributed by atoms with Crippen molar-refractivity contribution in [2.75, 3.05) is 7.11 Å². The summed E-state index contributed by atoms with van der Waals surface area (Å²) in [5, 5.41) is 0. The van der Waals surface area contributed by atoms with Gasteiger partial charge in [0.2, 0.25) is 0 Å². The molecule has 80 valence electrons. The number of carbonyl (C=O) groups excluding carboxylic acids is 1. The molecule has 0 aliphatic heterocycles. The molecule has 0 amide bonds. The molecule has 0 aliphatic rings. The number of carbonyl (C=O) groups is 1. The third kappa shape index (κ3) is 1.96. The fourth-order valence-corrected chi connectivity index (χ4v) is 1.63. The van der Waals surface area contributed by atoms with Crippen LogP contribution >= 0.6 is 0 Å². The van der Waals surface area contributed by atoms with Gasteiger partial charge in [-0.05, 0) is 29.3 Å². The molecule has 0 atom stereocenters. The van der Waals surface area contributed by atoms with Gasteiger partial charge < -0.3 is 4.74 Å². The topological polar surface area (TPSA) is 26.3 Å². The molecule has 2 aromatic rings. The van der Waals surface area contributed by atoms with Crippen LogP contribution in [-0.2, 0) is 0 Å². The van der Waals surface area contributed by atoms with Crippen LogP contribution in [0.3, 0.4) is 0 Å². The lowest BCUT2D eigenvalue weighted by atomic mass is 10.0. The van der Waals surface area contributed by atoms with E-state index in [-0.39, 0.29) is 0 Å². The number of aldehydes is 1. The highest BCUT2D eigenvalue weighted by atomic mass is 16.5. The Morgan fingerprint density at radius 3 is 2.44 bits per heavy atom. The first-order valence-corrected chi connectivity index (χ1v) is 5.04. The summed E-state index contributed by atoms with van der Waals surface area (Å²) < 4.78 is 5.16. The Balaban J connectivity index is 2.57. The average molecular weight is 212 g/mol. The predicted octanol–water partition coefficient (Wildman–Crippen LogP) is 3.17. The molecule has 0 aromatic heterocycles. The van der Waals surface area contributed by atoms with Gasteiger partial charge in [-0.25, -0.2) is 0 Å². The summed E-state index contributed by atoms with van der Waals surface area (Å²) in [5.41, 5.74) is 2.59. The molecule has 0 unspecified atom stereocenters. The summed E-state index contributed by atoms with van der Waals surface area (Å²) in [6.07, 6.45) is 0.863. The van der Waals surface area contributed by atoms with Gasteiger partial charge in [0, 0.05) is 5.56 Å². The minimum Gasteiger partial charge on any atom is -0.497 e. The highest BCUT2D eigenvalue weighted by Crippen LogP contribution is 2.26. The maximum absolute atomic E-state index is 11.0. The van der Waals surface area contributed by atoms with Gasteiger partial charge in [0.05, 0.1) is 7.11 Å². The zero-order chi connectivity index (χ0) is 11.4. The molecule has 0 aliphatic carbocycles. The van der Waals surface area contributed by atoms with E-state index in [9.17, 15) is 4.79 Å². The highest BCUT2D eigenvalue weighted by molar-refractivity contribution is 5.88. The van der Waals surface area contributed by atoms with Crippen LogP contribution in [0.1, 0.15) is 10.4 Å². The Labute approximate surface area is 94.5 Å². The Hall–Kier alpha value is -2.09. The summed E-state index contributed by atoms with van der Waals surface area (Å²) in [7, 11) is 1.62. The highest BCUT2D eigenvalue weighted by Gasteiger charge is 2.05. The van der Waals surface area contributed by atoms with Gasteiger partial charge in [-0.3, -0.25) is 4.79 Å². The van der Waals surface area contributed by atoms with E-state index in [1.807, 2.05) is 36.4 Å². The van der Waals surface area contributed by atoms with Crippen molar-refractivity contribution in [1.82, 2.24) is 0 Å². The quantitative estimate of drug-likeness (QED) is 0.730. The molecule has 0 saturated heterocycles. The molecule has 2 nitrogen and oxygen atoms in total. The molecule has 0 saturated carbocycles. The van der Waals surface area contributed by atoms with E-state index in [2.05, 4.69) is 0 Å². The van der Waals surface area contributed by atoms with Crippen molar-refractivity contribution in [2.45, 2.75) is 0 Å². The van der Waals surface area contributed by atoms with Gasteiger partial charge in [0.25, 0.3) is 0 Å². The van der Waals surface area contributed by atoms with Crippen LogP contribution in [0.5, 0.6) is 5.75 Å². The van der Waals surface area contributed by atoms with E-state index in [4.69, 9.17) is 4.74 Å². The number of rotatable bonds is 3. The third-order valence-corrected chi connectivity index (χ3v) is 2.47. The Morgan fingerprint density at radius 2 is 1.81 bits per heavy atom. The molecule has 2 rings (SSSR count). The molecule has 0 N–H and O–H groups in total. The fourth-order valence-electron chi connectivity index (χ4n) is 1.63. The van der Waals surface area contributed by atoms with Gasteiger partial charge >= 0.3 is 0 Å². The SMILES string of the molecule is COc1ccc(C=O)c(-c2ccccc2)c1. The number of ether oxygens (including phenoxy) is 1. The minimum absolute atomic E-state index is 0.673. The molecule has 0 bridgehead atoms. The minimum atomic E-state index is 0.673. The number of hydrogen-bond donors (Lipinski definition) is 0. The first kappa shape index (κ1) is 10.4. The largest absolute Gasteiger partial charge is 0.497 e. The lowest BCUT2D eigenvalue weighted by Gasteiger charge is -2.07. The third-order valence-electron chi connectivity index (χ3n) is 2.47. The van der Waals surface area contributed by atoms with Gasteiger partial charge in [0.1, 0.15) is 5.75 Å². The van der Waals surface area contributed by atoms with E-state index < -0.39 is 0 Å². The van der Waals surface area contributed by atoms with E-state index in [1.54, 1.807) is 19.2 Å². The van der Waals surface area contributed by atoms with Gasteiger partial charge in [-0.2, -0.15) is 0 Å². The normalized spacial score (nSPS) is 9.81. The van der Waals surface area contributed by atoms with Crippen molar-refractivity contribution in [3.63, 3.8) is 0 Å². The van der Waals surface area contributed by atoms with Crippen molar-refractivity contribution in [2.24, 2.45) is 0 Å². The summed E-state index contributed by atoms with van der Waals surface area (Å²) in [5.74, 6) is 0.754. The number of methoxy groups -OCH3 is 1. The Morgan fingerprint density at radius 1 is 1.06 bits per heavy atom. The second-order valence-corrected chi connectivity index (χ2v) is 3.44. The first-order chi connectivity index (χ1) is 7.85. The van der Waals surface area contributed by atoms with Crippen LogP contribution in [-0.4, -0.2) is 13.4 Å². The van der Waals surface area contributed by atoms with Crippen molar-refractivity contribution in [3.05, 3.63) is 54.1 Å². The van der Waals surface area contributed by atoms with E-state index >= 15 is 0 Å². The smallest absolute Gasteiger partial charge is 0.150 e. The van der Waals surface area contributed by atoms with Crippen molar-refractivity contribution in [1.29, 1.82) is 0 Å². The van der Waals surface area contributed by atoms with Gasteiger partial charge in [-0.1, -0.05) is 30.3 Å². The lowest BCUT2D eigenvalue weighted by molar-refractivity contribution is 0.112. The van der Waals surface area contributed by atoms with Crippen LogP contribution in [0.4, 0.5) is 0 Å². The van der Waals surface area contributed by atoms with Crippen LogP contribution in [0, 0.1) is 0 Å².